The molecule has 2 rings (SSSR count). The van der Waals surface area contributed by atoms with Crippen molar-refractivity contribution in [2.45, 2.75) is 39.3 Å². The molecule has 80 valence electrons. The highest BCUT2D eigenvalue weighted by atomic mass is 16.1. The molecule has 14 heavy (non-hydrogen) atoms. The molecule has 0 aromatic heterocycles. The first kappa shape index (κ1) is 9.97. The third-order valence-corrected chi connectivity index (χ3v) is 3.68. The lowest BCUT2D eigenvalue weighted by Gasteiger charge is -2.41. The number of hydrogen-bond donors (Lipinski definition) is 2. The molecule has 2 aliphatic heterocycles. The largest absolute Gasteiger partial charge is 0.340 e. The Kier molecular flexibility index (Phi) is 2.77. The van der Waals surface area contributed by atoms with Gasteiger partial charge in [-0.05, 0) is 30.6 Å². The standard InChI is InChI=1S/C11H20N2O/c1-7(2)9-5-8-3-4-10(14)13-11(8)12-6-9/h7-9,11-12H,3-6H2,1-2H3,(H,13,14). The van der Waals surface area contributed by atoms with E-state index in [1.54, 1.807) is 0 Å². The number of carbonyl (C=O) groups excluding carboxylic acids is 1. The summed E-state index contributed by atoms with van der Waals surface area (Å²) in [6, 6.07) is 0. The maximum Gasteiger partial charge on any atom is 0.221 e. The van der Waals surface area contributed by atoms with E-state index in [9.17, 15) is 4.79 Å². The maximum absolute atomic E-state index is 11.2. The second-order valence-electron chi connectivity index (χ2n) is 4.99. The molecule has 0 aliphatic carbocycles. The molecule has 3 atom stereocenters. The minimum atomic E-state index is 0.210. The average molecular weight is 196 g/mol. The average Bonchev–Trinajstić information content (AvgIpc) is 2.16. The van der Waals surface area contributed by atoms with E-state index in [1.165, 1.54) is 6.42 Å². The van der Waals surface area contributed by atoms with Crippen LogP contribution >= 0.6 is 0 Å². The van der Waals surface area contributed by atoms with Gasteiger partial charge in [-0.2, -0.15) is 0 Å². The molecule has 2 saturated heterocycles. The summed E-state index contributed by atoms with van der Waals surface area (Å²) in [4.78, 5) is 11.2. The number of carbonyl (C=O) groups is 1. The predicted octanol–water partition coefficient (Wildman–Crippen LogP) is 1.10. The van der Waals surface area contributed by atoms with Crippen LogP contribution in [-0.4, -0.2) is 18.6 Å². The lowest BCUT2D eigenvalue weighted by atomic mass is 9.78. The van der Waals surface area contributed by atoms with E-state index in [1.807, 2.05) is 0 Å². The summed E-state index contributed by atoms with van der Waals surface area (Å²) < 4.78 is 0. The number of fused-ring (bicyclic) bond motifs is 1. The van der Waals surface area contributed by atoms with Crippen LogP contribution in [0.4, 0.5) is 0 Å². The highest BCUT2D eigenvalue weighted by molar-refractivity contribution is 5.77. The molecule has 0 saturated carbocycles. The van der Waals surface area contributed by atoms with E-state index in [-0.39, 0.29) is 12.1 Å². The van der Waals surface area contributed by atoms with Crippen molar-refractivity contribution in [3.8, 4) is 0 Å². The first-order valence-corrected chi connectivity index (χ1v) is 5.69. The molecule has 2 aliphatic rings. The summed E-state index contributed by atoms with van der Waals surface area (Å²) in [5.74, 6) is 2.41. The number of hydrogen-bond acceptors (Lipinski definition) is 2. The van der Waals surface area contributed by atoms with Gasteiger partial charge < -0.3 is 5.32 Å². The quantitative estimate of drug-likeness (QED) is 0.659. The zero-order valence-electron chi connectivity index (χ0n) is 9.05. The smallest absolute Gasteiger partial charge is 0.221 e. The molecule has 3 nitrogen and oxygen atoms in total. The van der Waals surface area contributed by atoms with E-state index in [4.69, 9.17) is 0 Å². The highest BCUT2D eigenvalue weighted by Gasteiger charge is 2.34. The van der Waals surface area contributed by atoms with Crippen LogP contribution < -0.4 is 10.6 Å². The fourth-order valence-corrected chi connectivity index (χ4v) is 2.58. The van der Waals surface area contributed by atoms with E-state index in [0.717, 1.165) is 24.8 Å². The number of piperidine rings is 2. The second kappa shape index (κ2) is 3.89. The first-order chi connectivity index (χ1) is 6.66. The maximum atomic E-state index is 11.2. The molecular weight excluding hydrogens is 176 g/mol. The van der Waals surface area contributed by atoms with Gasteiger partial charge in [-0.1, -0.05) is 13.8 Å². The third-order valence-electron chi connectivity index (χ3n) is 3.68. The fraction of sp³-hybridized carbons (Fsp3) is 0.909. The second-order valence-corrected chi connectivity index (χ2v) is 4.99. The van der Waals surface area contributed by atoms with Gasteiger partial charge in [0.1, 0.15) is 0 Å². The van der Waals surface area contributed by atoms with Crippen LogP contribution in [0.15, 0.2) is 0 Å². The van der Waals surface area contributed by atoms with Crippen LogP contribution in [0.2, 0.25) is 0 Å². The first-order valence-electron chi connectivity index (χ1n) is 5.69. The van der Waals surface area contributed by atoms with E-state index in [0.29, 0.717) is 12.3 Å². The summed E-state index contributed by atoms with van der Waals surface area (Å²) in [5.41, 5.74) is 0. The zero-order chi connectivity index (χ0) is 10.1. The van der Waals surface area contributed by atoms with Gasteiger partial charge in [0.15, 0.2) is 0 Å². The molecular formula is C11H20N2O. The van der Waals surface area contributed by atoms with Crippen molar-refractivity contribution in [2.24, 2.45) is 17.8 Å². The summed E-state index contributed by atoms with van der Waals surface area (Å²) in [6.07, 6.45) is 3.31. The van der Waals surface area contributed by atoms with Gasteiger partial charge in [0.25, 0.3) is 0 Å². The van der Waals surface area contributed by atoms with Crippen LogP contribution in [0.5, 0.6) is 0 Å². The van der Waals surface area contributed by atoms with Crippen molar-refractivity contribution in [2.75, 3.05) is 6.54 Å². The predicted molar refractivity (Wildman–Crippen MR) is 55.6 cm³/mol. The van der Waals surface area contributed by atoms with Gasteiger partial charge in [0, 0.05) is 13.0 Å². The highest BCUT2D eigenvalue weighted by Crippen LogP contribution is 2.30. The molecule has 2 fully saturated rings. The molecule has 2 heterocycles. The Morgan fingerprint density at radius 1 is 1.43 bits per heavy atom. The van der Waals surface area contributed by atoms with E-state index in [2.05, 4.69) is 24.5 Å². The summed E-state index contributed by atoms with van der Waals surface area (Å²) in [6.45, 7) is 5.63. The molecule has 3 unspecified atom stereocenters. The van der Waals surface area contributed by atoms with Crippen LogP contribution in [0.25, 0.3) is 0 Å². The van der Waals surface area contributed by atoms with Crippen molar-refractivity contribution >= 4 is 5.91 Å². The number of rotatable bonds is 1. The van der Waals surface area contributed by atoms with Crippen molar-refractivity contribution in [1.82, 2.24) is 10.6 Å². The zero-order valence-corrected chi connectivity index (χ0v) is 9.05. The Morgan fingerprint density at radius 2 is 2.21 bits per heavy atom. The summed E-state index contributed by atoms with van der Waals surface area (Å²) >= 11 is 0. The molecule has 0 radical (unpaired) electrons. The van der Waals surface area contributed by atoms with Crippen molar-refractivity contribution in [3.05, 3.63) is 0 Å². The molecule has 1 amide bonds. The van der Waals surface area contributed by atoms with Gasteiger partial charge >= 0.3 is 0 Å². The number of amides is 1. The molecule has 2 N–H and O–H groups in total. The Hall–Kier alpha value is -0.570. The van der Waals surface area contributed by atoms with Crippen LogP contribution in [0.1, 0.15) is 33.1 Å². The summed E-state index contributed by atoms with van der Waals surface area (Å²) in [7, 11) is 0. The van der Waals surface area contributed by atoms with Gasteiger partial charge in [0.2, 0.25) is 5.91 Å². The minimum absolute atomic E-state index is 0.210. The molecule has 0 spiro atoms. The molecule has 0 aromatic carbocycles. The molecule has 3 heteroatoms. The van der Waals surface area contributed by atoms with E-state index >= 15 is 0 Å². The van der Waals surface area contributed by atoms with Gasteiger partial charge in [-0.15, -0.1) is 0 Å². The topological polar surface area (TPSA) is 41.1 Å². The molecule has 0 bridgehead atoms. The van der Waals surface area contributed by atoms with Crippen LogP contribution in [-0.2, 0) is 4.79 Å². The Balaban J connectivity index is 1.94. The van der Waals surface area contributed by atoms with E-state index < -0.39 is 0 Å². The van der Waals surface area contributed by atoms with Gasteiger partial charge in [0.05, 0.1) is 6.17 Å². The van der Waals surface area contributed by atoms with Crippen molar-refractivity contribution in [1.29, 1.82) is 0 Å². The SMILES string of the molecule is CC(C)C1CNC2NC(=O)CCC2C1. The van der Waals surface area contributed by atoms with Crippen molar-refractivity contribution in [3.63, 3.8) is 0 Å². The fourth-order valence-electron chi connectivity index (χ4n) is 2.58. The van der Waals surface area contributed by atoms with Gasteiger partial charge in [-0.25, -0.2) is 0 Å². The Morgan fingerprint density at radius 3 is 2.93 bits per heavy atom. The lowest BCUT2D eigenvalue weighted by molar-refractivity contribution is -0.125. The van der Waals surface area contributed by atoms with Gasteiger partial charge in [-0.3, -0.25) is 10.1 Å². The minimum Gasteiger partial charge on any atom is -0.340 e. The van der Waals surface area contributed by atoms with Crippen LogP contribution in [0, 0.1) is 17.8 Å². The Bertz CT molecular complexity index is 227. The monoisotopic (exact) mass is 196 g/mol. The third kappa shape index (κ3) is 1.92. The normalized spacial score (nSPS) is 37.9. The number of nitrogens with one attached hydrogen (secondary N) is 2. The molecule has 0 aromatic rings. The lowest BCUT2D eigenvalue weighted by Crippen LogP contribution is -2.58. The van der Waals surface area contributed by atoms with Crippen LogP contribution in [0.3, 0.4) is 0 Å². The van der Waals surface area contributed by atoms with Crippen molar-refractivity contribution < 1.29 is 4.79 Å². The summed E-state index contributed by atoms with van der Waals surface area (Å²) in [5, 5.41) is 6.48. The Labute approximate surface area is 85.6 Å².